The summed E-state index contributed by atoms with van der Waals surface area (Å²) in [6.07, 6.45) is 4.26. The Labute approximate surface area is 202 Å². The Hall–Kier alpha value is -3.81. The molecule has 2 heterocycles. The molecule has 2 aromatic carbocycles. The third-order valence-corrected chi connectivity index (χ3v) is 6.49. The van der Waals surface area contributed by atoms with E-state index in [2.05, 4.69) is 10.2 Å². The summed E-state index contributed by atoms with van der Waals surface area (Å²) in [4.78, 5) is 32.2. The highest BCUT2D eigenvalue weighted by atomic mass is 19.1. The third kappa shape index (κ3) is 5.16. The number of halogens is 1. The van der Waals surface area contributed by atoms with Gasteiger partial charge in [0.25, 0.3) is 5.56 Å². The second-order valence-electron chi connectivity index (χ2n) is 9.16. The van der Waals surface area contributed by atoms with Crippen LogP contribution in [0.25, 0.3) is 22.2 Å². The Balaban J connectivity index is 1.16. The summed E-state index contributed by atoms with van der Waals surface area (Å²) >= 11 is 0. The number of aromatic amines is 1. The van der Waals surface area contributed by atoms with Crippen LogP contribution in [-0.2, 0) is 17.6 Å². The smallest absolute Gasteiger partial charge is 0.261 e. The number of amides is 1. The number of carbonyl (C=O) groups excluding carboxylic acids is 1. The van der Waals surface area contributed by atoms with Gasteiger partial charge in [-0.1, -0.05) is 12.1 Å². The number of benzene rings is 2. The topological polar surface area (TPSA) is 83.9 Å². The number of hydrogen-bond acceptors (Lipinski definition) is 4. The first-order valence-electron chi connectivity index (χ1n) is 12.0. The van der Waals surface area contributed by atoms with Crippen molar-refractivity contribution in [2.24, 2.45) is 0 Å². The minimum Gasteiger partial charge on any atom is -0.346 e. The molecule has 0 unspecified atom stereocenters. The van der Waals surface area contributed by atoms with Gasteiger partial charge < -0.3 is 4.90 Å². The predicted octanol–water partition coefficient (Wildman–Crippen LogP) is 4.28. The number of aromatic nitrogens is 4. The van der Waals surface area contributed by atoms with Crippen molar-refractivity contribution in [1.29, 1.82) is 0 Å². The molecule has 1 saturated carbocycles. The molecule has 5 rings (SSSR count). The van der Waals surface area contributed by atoms with E-state index < -0.39 is 0 Å². The minimum absolute atomic E-state index is 0.00605. The molecule has 1 amide bonds. The fourth-order valence-corrected chi connectivity index (χ4v) is 4.38. The maximum atomic E-state index is 13.1. The molecule has 0 spiro atoms. The van der Waals surface area contributed by atoms with Gasteiger partial charge in [-0.3, -0.25) is 19.3 Å². The lowest BCUT2D eigenvalue weighted by Gasteiger charge is -2.18. The molecule has 0 radical (unpaired) electrons. The molecule has 0 bridgehead atoms. The second kappa shape index (κ2) is 9.82. The monoisotopic (exact) mass is 473 g/mol. The molecule has 1 aliphatic rings. The predicted molar refractivity (Wildman–Crippen MR) is 133 cm³/mol. The summed E-state index contributed by atoms with van der Waals surface area (Å²) < 4.78 is 14.9. The quantitative estimate of drug-likeness (QED) is 0.393. The van der Waals surface area contributed by atoms with E-state index in [9.17, 15) is 14.0 Å². The number of para-hydroxylation sites is 1. The maximum absolute atomic E-state index is 13.1. The molecule has 7 nitrogen and oxygen atoms in total. The Bertz CT molecular complexity index is 1410. The van der Waals surface area contributed by atoms with E-state index in [1.165, 1.54) is 12.1 Å². The number of rotatable bonds is 9. The van der Waals surface area contributed by atoms with Crippen LogP contribution in [0.15, 0.2) is 59.4 Å². The molecule has 35 heavy (non-hydrogen) atoms. The molecule has 180 valence electrons. The summed E-state index contributed by atoms with van der Waals surface area (Å²) in [5.41, 5.74) is 3.28. The average Bonchev–Trinajstić information content (AvgIpc) is 3.59. The number of nitrogens with one attached hydrogen (secondary N) is 1. The van der Waals surface area contributed by atoms with Crippen LogP contribution in [0.4, 0.5) is 4.39 Å². The van der Waals surface area contributed by atoms with Crippen molar-refractivity contribution >= 4 is 16.8 Å². The molecule has 1 fully saturated rings. The lowest BCUT2D eigenvalue weighted by atomic mass is 10.1. The Morgan fingerprint density at radius 2 is 1.91 bits per heavy atom. The number of hydrogen-bond donors (Lipinski definition) is 1. The van der Waals surface area contributed by atoms with Gasteiger partial charge >= 0.3 is 0 Å². The summed E-state index contributed by atoms with van der Waals surface area (Å²) in [6.45, 7) is 0.615. The SMILES string of the molecule is CN(CCCc1cc(-c2ccc(F)cc2)n[nH]1)C(=O)CCc1nc2ccccc2c(=O)n1C1CC1. The fraction of sp³-hybridized carbons (Fsp3) is 0.333. The van der Waals surface area contributed by atoms with E-state index in [4.69, 9.17) is 4.98 Å². The summed E-state index contributed by atoms with van der Waals surface area (Å²) in [5, 5.41) is 7.96. The van der Waals surface area contributed by atoms with Crippen LogP contribution in [0, 0.1) is 5.82 Å². The van der Waals surface area contributed by atoms with E-state index >= 15 is 0 Å². The van der Waals surface area contributed by atoms with E-state index in [-0.39, 0.29) is 23.3 Å². The molecule has 0 saturated heterocycles. The largest absolute Gasteiger partial charge is 0.346 e. The Morgan fingerprint density at radius 1 is 1.14 bits per heavy atom. The van der Waals surface area contributed by atoms with Gasteiger partial charge in [0.1, 0.15) is 11.6 Å². The normalized spacial score (nSPS) is 13.3. The van der Waals surface area contributed by atoms with E-state index in [0.717, 1.165) is 42.6 Å². The van der Waals surface area contributed by atoms with Crippen LogP contribution in [-0.4, -0.2) is 44.1 Å². The number of nitrogens with zero attached hydrogens (tertiary/aromatic N) is 4. The third-order valence-electron chi connectivity index (χ3n) is 6.49. The van der Waals surface area contributed by atoms with E-state index in [0.29, 0.717) is 36.1 Å². The van der Waals surface area contributed by atoms with Gasteiger partial charge in [0.2, 0.25) is 5.91 Å². The minimum atomic E-state index is -0.274. The van der Waals surface area contributed by atoms with Crippen molar-refractivity contribution in [2.45, 2.75) is 44.6 Å². The van der Waals surface area contributed by atoms with Crippen LogP contribution in [0.5, 0.6) is 0 Å². The molecule has 8 heteroatoms. The highest BCUT2D eigenvalue weighted by molar-refractivity contribution is 5.78. The van der Waals surface area contributed by atoms with Crippen molar-refractivity contribution in [2.75, 3.05) is 13.6 Å². The first-order chi connectivity index (χ1) is 17.0. The first kappa shape index (κ1) is 23.0. The Kier molecular flexibility index (Phi) is 6.44. The van der Waals surface area contributed by atoms with Gasteiger partial charge in [-0.15, -0.1) is 0 Å². The molecule has 1 aliphatic carbocycles. The molecular formula is C27H28FN5O2. The van der Waals surface area contributed by atoms with Crippen LogP contribution in [0.2, 0.25) is 0 Å². The molecule has 2 aromatic heterocycles. The van der Waals surface area contributed by atoms with Gasteiger partial charge in [0, 0.05) is 43.7 Å². The maximum Gasteiger partial charge on any atom is 0.261 e. The van der Waals surface area contributed by atoms with Crippen LogP contribution < -0.4 is 5.56 Å². The van der Waals surface area contributed by atoms with Gasteiger partial charge in [-0.25, -0.2) is 9.37 Å². The summed E-state index contributed by atoms with van der Waals surface area (Å²) in [5.74, 6) is 0.458. The zero-order valence-electron chi connectivity index (χ0n) is 19.7. The fourth-order valence-electron chi connectivity index (χ4n) is 4.38. The molecule has 4 aromatic rings. The van der Waals surface area contributed by atoms with Gasteiger partial charge in [0.15, 0.2) is 0 Å². The van der Waals surface area contributed by atoms with Crippen molar-refractivity contribution in [3.8, 4) is 11.3 Å². The number of carbonyl (C=O) groups is 1. The van der Waals surface area contributed by atoms with Gasteiger partial charge in [-0.05, 0) is 68.1 Å². The molecule has 0 aliphatic heterocycles. The van der Waals surface area contributed by atoms with Crippen LogP contribution >= 0.6 is 0 Å². The van der Waals surface area contributed by atoms with Crippen LogP contribution in [0.3, 0.4) is 0 Å². The Morgan fingerprint density at radius 3 is 2.69 bits per heavy atom. The lowest BCUT2D eigenvalue weighted by molar-refractivity contribution is -0.129. The molecular weight excluding hydrogens is 445 g/mol. The summed E-state index contributed by atoms with van der Waals surface area (Å²) in [6, 6.07) is 15.8. The molecule has 1 N–H and O–H groups in total. The van der Waals surface area contributed by atoms with E-state index in [1.54, 1.807) is 28.6 Å². The number of fused-ring (bicyclic) bond motifs is 1. The van der Waals surface area contributed by atoms with Gasteiger partial charge in [0.05, 0.1) is 16.6 Å². The van der Waals surface area contributed by atoms with E-state index in [1.807, 2.05) is 30.3 Å². The zero-order valence-corrected chi connectivity index (χ0v) is 19.7. The lowest BCUT2D eigenvalue weighted by Crippen LogP contribution is -2.30. The van der Waals surface area contributed by atoms with Crippen molar-refractivity contribution in [3.63, 3.8) is 0 Å². The van der Waals surface area contributed by atoms with Crippen molar-refractivity contribution < 1.29 is 9.18 Å². The molecule has 0 atom stereocenters. The van der Waals surface area contributed by atoms with Crippen LogP contribution in [0.1, 0.15) is 43.2 Å². The summed E-state index contributed by atoms with van der Waals surface area (Å²) in [7, 11) is 1.81. The van der Waals surface area contributed by atoms with Gasteiger partial charge in [-0.2, -0.15) is 5.10 Å². The number of H-pyrrole nitrogens is 1. The number of aryl methyl sites for hydroxylation is 2. The first-order valence-corrected chi connectivity index (χ1v) is 12.0. The zero-order chi connectivity index (χ0) is 24.4. The van der Waals surface area contributed by atoms with Crippen molar-refractivity contribution in [3.05, 3.63) is 82.3 Å². The second-order valence-corrected chi connectivity index (χ2v) is 9.16. The highest BCUT2D eigenvalue weighted by Gasteiger charge is 2.28. The average molecular weight is 474 g/mol. The highest BCUT2D eigenvalue weighted by Crippen LogP contribution is 2.35. The van der Waals surface area contributed by atoms with Crippen molar-refractivity contribution in [1.82, 2.24) is 24.6 Å². The standard InChI is InChI=1S/C27H28FN5O2/c1-32(16-4-5-20-17-24(31-30-20)18-8-10-19(28)11-9-18)26(34)15-14-25-29-23-7-3-2-6-22(23)27(35)33(25)21-12-13-21/h2-3,6-11,17,21H,4-5,12-16H2,1H3,(H,30,31).